The number of benzene rings is 2. The number of carbonyl (C=O) groups excluding carboxylic acids is 3. The number of rotatable bonds is 10. The minimum atomic E-state index is -1.89. The molecule has 9 nitrogen and oxygen atoms in total. The number of anilines is 2. The minimum Gasteiger partial charge on any atom is -0.454 e. The normalized spacial score (nSPS) is 15.8. The average Bonchev–Trinajstić information content (AvgIpc) is 3.71. The number of hydrogen-bond donors (Lipinski definition) is 2. The maximum absolute atomic E-state index is 13.8. The van der Waals surface area contributed by atoms with Gasteiger partial charge in [0.1, 0.15) is 23.4 Å². The van der Waals surface area contributed by atoms with Crippen molar-refractivity contribution in [2.75, 3.05) is 28.5 Å². The van der Waals surface area contributed by atoms with Crippen LogP contribution >= 0.6 is 11.3 Å². The second-order valence-electron chi connectivity index (χ2n) is 9.49. The Bertz CT molecular complexity index is 1390. The summed E-state index contributed by atoms with van der Waals surface area (Å²) in [6, 6.07) is 12.7. The minimum absolute atomic E-state index is 0.0213. The third kappa shape index (κ3) is 6.68. The van der Waals surface area contributed by atoms with E-state index >= 15 is 0 Å². The zero-order valence-electron chi connectivity index (χ0n) is 21.5. The van der Waals surface area contributed by atoms with E-state index in [1.807, 2.05) is 5.38 Å². The molecular formula is C28H28FN3O6S2. The van der Waals surface area contributed by atoms with Crippen molar-refractivity contribution in [3.05, 3.63) is 70.7 Å². The van der Waals surface area contributed by atoms with E-state index in [2.05, 4.69) is 10.6 Å². The Kier molecular flexibility index (Phi) is 8.75. The number of hydrogen-bond acceptors (Lipinski definition) is 7. The molecule has 0 radical (unpaired) electrons. The first-order chi connectivity index (χ1) is 19.4. The number of halogens is 1. The van der Waals surface area contributed by atoms with Crippen LogP contribution in [0.4, 0.5) is 15.8 Å². The Labute approximate surface area is 237 Å². The molecule has 3 amide bonds. The summed E-state index contributed by atoms with van der Waals surface area (Å²) in [5, 5.41) is 7.47. The lowest BCUT2D eigenvalue weighted by Crippen LogP contribution is -2.47. The number of thiophene rings is 1. The Morgan fingerprint density at radius 3 is 2.50 bits per heavy atom. The van der Waals surface area contributed by atoms with Gasteiger partial charge in [-0.2, -0.15) is 0 Å². The number of nitrogens with zero attached hydrogens (tertiary/aromatic N) is 1. The zero-order valence-corrected chi connectivity index (χ0v) is 23.1. The van der Waals surface area contributed by atoms with Crippen LogP contribution in [-0.2, 0) is 25.2 Å². The van der Waals surface area contributed by atoms with Gasteiger partial charge in [-0.3, -0.25) is 23.5 Å². The molecule has 3 aromatic rings. The van der Waals surface area contributed by atoms with E-state index in [1.54, 1.807) is 30.3 Å². The quantitative estimate of drug-likeness (QED) is 0.370. The Morgan fingerprint density at radius 1 is 1.02 bits per heavy atom. The molecule has 0 saturated heterocycles. The van der Waals surface area contributed by atoms with Crippen LogP contribution in [0.1, 0.15) is 36.6 Å². The number of ether oxygens (including phenoxy) is 2. The van der Waals surface area contributed by atoms with E-state index in [9.17, 15) is 23.0 Å². The van der Waals surface area contributed by atoms with Gasteiger partial charge in [-0.25, -0.2) is 4.39 Å². The van der Waals surface area contributed by atoms with Crippen LogP contribution in [0.25, 0.3) is 0 Å². The van der Waals surface area contributed by atoms with Crippen molar-refractivity contribution in [1.29, 1.82) is 0 Å². The number of carbonyl (C=O) groups is 3. The first kappa shape index (κ1) is 27.8. The van der Waals surface area contributed by atoms with Crippen LogP contribution in [0.2, 0.25) is 0 Å². The van der Waals surface area contributed by atoms with Crippen molar-refractivity contribution in [2.45, 2.75) is 37.8 Å². The molecule has 1 saturated carbocycles. The Hall–Kier alpha value is -3.77. The van der Waals surface area contributed by atoms with Gasteiger partial charge >= 0.3 is 0 Å². The van der Waals surface area contributed by atoms with Crippen LogP contribution in [0.3, 0.4) is 0 Å². The van der Waals surface area contributed by atoms with Crippen LogP contribution < -0.4 is 25.0 Å². The highest BCUT2D eigenvalue weighted by atomic mass is 32.2. The van der Waals surface area contributed by atoms with Gasteiger partial charge in [0.2, 0.25) is 24.5 Å². The molecule has 1 fully saturated rings. The molecule has 1 aliphatic heterocycles. The highest BCUT2D eigenvalue weighted by Crippen LogP contribution is 2.39. The van der Waals surface area contributed by atoms with Gasteiger partial charge in [-0.1, -0.05) is 18.9 Å². The lowest BCUT2D eigenvalue weighted by atomic mass is 10.1. The SMILES string of the molecule is O=C(C[S@@](=O)CC(=O)N(c1ccc2c(c1)OCO2)[C@H](C(=O)NC1CCCC1)c1cccs1)Nc1ccc(F)cc1. The first-order valence-corrected chi connectivity index (χ1v) is 15.2. The molecule has 12 heteroatoms. The lowest BCUT2D eigenvalue weighted by Gasteiger charge is -2.31. The summed E-state index contributed by atoms with van der Waals surface area (Å²) < 4.78 is 37.1. The number of amides is 3. The molecule has 0 unspecified atom stereocenters. The summed E-state index contributed by atoms with van der Waals surface area (Å²) in [5.41, 5.74) is 0.722. The van der Waals surface area contributed by atoms with E-state index in [1.165, 1.54) is 40.5 Å². The smallest absolute Gasteiger partial charge is 0.248 e. The fraction of sp³-hybridized carbons (Fsp3) is 0.321. The third-order valence-electron chi connectivity index (χ3n) is 6.63. The van der Waals surface area contributed by atoms with Crippen molar-refractivity contribution in [3.8, 4) is 11.5 Å². The van der Waals surface area contributed by atoms with Crippen molar-refractivity contribution < 1.29 is 32.5 Å². The Balaban J connectivity index is 1.39. The zero-order chi connectivity index (χ0) is 28.1. The summed E-state index contributed by atoms with van der Waals surface area (Å²) in [5.74, 6) is -1.96. The highest BCUT2D eigenvalue weighted by molar-refractivity contribution is 7.86. The van der Waals surface area contributed by atoms with Crippen molar-refractivity contribution in [1.82, 2.24) is 5.32 Å². The molecule has 0 bridgehead atoms. The van der Waals surface area contributed by atoms with Crippen molar-refractivity contribution in [2.24, 2.45) is 0 Å². The fourth-order valence-electron chi connectivity index (χ4n) is 4.78. The number of fused-ring (bicyclic) bond motifs is 1. The van der Waals surface area contributed by atoms with Gasteiger partial charge in [-0.15, -0.1) is 11.3 Å². The Morgan fingerprint density at radius 2 is 1.77 bits per heavy atom. The van der Waals surface area contributed by atoms with Gasteiger partial charge in [0.25, 0.3) is 0 Å². The van der Waals surface area contributed by atoms with Gasteiger partial charge in [0, 0.05) is 39.2 Å². The largest absolute Gasteiger partial charge is 0.454 e. The number of nitrogens with one attached hydrogen (secondary N) is 2. The van der Waals surface area contributed by atoms with E-state index in [-0.39, 0.29) is 18.7 Å². The molecule has 1 aliphatic carbocycles. The molecule has 2 N–H and O–H groups in total. The van der Waals surface area contributed by atoms with Crippen LogP contribution in [0.5, 0.6) is 11.5 Å². The van der Waals surface area contributed by atoms with Crippen LogP contribution in [0.15, 0.2) is 60.0 Å². The monoisotopic (exact) mass is 585 g/mol. The molecule has 5 rings (SSSR count). The molecule has 2 aromatic carbocycles. The third-order valence-corrected chi connectivity index (χ3v) is 8.71. The van der Waals surface area contributed by atoms with Gasteiger partial charge in [-0.05, 0) is 60.7 Å². The molecule has 2 atom stereocenters. The summed E-state index contributed by atoms with van der Waals surface area (Å²) in [4.78, 5) is 42.0. The standard InChI is InChI=1S/C28H28FN3O6S2/c29-18-7-9-20(10-8-18)30-25(33)15-40(36)16-26(34)32(21-11-12-22-23(14-21)38-17-37-22)27(24-6-3-13-39-24)28(35)31-19-4-1-2-5-19/h3,6-14,19,27H,1-2,4-5,15-17H2,(H,30,33)(H,31,35)/t27-,40+/m0/s1. The first-order valence-electron chi connectivity index (χ1n) is 12.8. The van der Waals surface area contributed by atoms with E-state index in [0.717, 1.165) is 25.7 Å². The molecular weight excluding hydrogens is 557 g/mol. The molecule has 2 aliphatic rings. The van der Waals surface area contributed by atoms with E-state index in [4.69, 9.17) is 9.47 Å². The van der Waals surface area contributed by atoms with Crippen molar-refractivity contribution in [3.63, 3.8) is 0 Å². The summed E-state index contributed by atoms with van der Waals surface area (Å²) in [6.07, 6.45) is 3.79. The van der Waals surface area contributed by atoms with E-state index < -0.39 is 46.0 Å². The summed E-state index contributed by atoms with van der Waals surface area (Å²) in [6.45, 7) is 0.0381. The molecule has 40 heavy (non-hydrogen) atoms. The molecule has 210 valence electrons. The highest BCUT2D eigenvalue weighted by Gasteiger charge is 2.36. The molecule has 1 aromatic heterocycles. The average molecular weight is 586 g/mol. The predicted octanol–water partition coefficient (Wildman–Crippen LogP) is 4.14. The van der Waals surface area contributed by atoms with E-state index in [0.29, 0.717) is 27.8 Å². The second kappa shape index (κ2) is 12.6. The van der Waals surface area contributed by atoms with Gasteiger partial charge in [0.15, 0.2) is 11.5 Å². The predicted molar refractivity (Wildman–Crippen MR) is 150 cm³/mol. The summed E-state index contributed by atoms with van der Waals surface area (Å²) >= 11 is 1.34. The van der Waals surface area contributed by atoms with Crippen LogP contribution in [-0.4, -0.2) is 46.3 Å². The maximum atomic E-state index is 13.8. The second-order valence-corrected chi connectivity index (χ2v) is 11.9. The fourth-order valence-corrected chi connectivity index (χ4v) is 6.47. The lowest BCUT2D eigenvalue weighted by molar-refractivity contribution is -0.126. The van der Waals surface area contributed by atoms with Crippen molar-refractivity contribution >= 4 is 51.2 Å². The topological polar surface area (TPSA) is 114 Å². The summed E-state index contributed by atoms with van der Waals surface area (Å²) in [7, 11) is -1.89. The van der Waals surface area contributed by atoms with Gasteiger partial charge in [0.05, 0.1) is 0 Å². The van der Waals surface area contributed by atoms with Crippen LogP contribution in [0, 0.1) is 5.82 Å². The molecule has 2 heterocycles. The maximum Gasteiger partial charge on any atom is 0.248 e. The molecule has 0 spiro atoms. The van der Waals surface area contributed by atoms with Gasteiger partial charge < -0.3 is 20.1 Å².